The number of carbonyl (C=O) groups is 1. The van der Waals surface area contributed by atoms with E-state index in [1.807, 2.05) is 24.8 Å². The van der Waals surface area contributed by atoms with E-state index >= 15 is 0 Å². The summed E-state index contributed by atoms with van der Waals surface area (Å²) < 4.78 is 34.1. The predicted octanol–water partition coefficient (Wildman–Crippen LogP) is 2.97. The summed E-state index contributed by atoms with van der Waals surface area (Å²) >= 11 is 0. The van der Waals surface area contributed by atoms with Crippen molar-refractivity contribution in [2.45, 2.75) is 52.7 Å². The largest absolute Gasteiger partial charge is 0.382 e. The topological polar surface area (TPSA) is 72.9 Å². The number of ether oxygens (including phenoxy) is 1. The minimum Gasteiger partial charge on any atom is -0.382 e. The summed E-state index contributed by atoms with van der Waals surface area (Å²) in [5, 5.41) is 0. The molecule has 2 rings (SSSR count). The van der Waals surface area contributed by atoms with E-state index in [1.54, 1.807) is 18.2 Å². The SMILES string of the molecule is CCS(=O)(=O)Oc1cccc(CN(C[C@H]2CCCO2)C(=O)CC(C)C)c1. The first kappa shape index (κ1) is 20.7. The highest BCUT2D eigenvalue weighted by Gasteiger charge is 2.23. The summed E-state index contributed by atoms with van der Waals surface area (Å²) in [6.45, 7) is 7.29. The van der Waals surface area contributed by atoms with E-state index in [2.05, 4.69) is 0 Å². The molecule has 0 radical (unpaired) electrons. The summed E-state index contributed by atoms with van der Waals surface area (Å²) in [6, 6.07) is 6.90. The summed E-state index contributed by atoms with van der Waals surface area (Å²) in [5.41, 5.74) is 0.837. The van der Waals surface area contributed by atoms with Crippen LogP contribution in [0, 0.1) is 5.92 Å². The van der Waals surface area contributed by atoms with Crippen LogP contribution in [0.25, 0.3) is 0 Å². The van der Waals surface area contributed by atoms with Gasteiger partial charge in [0.05, 0.1) is 11.9 Å². The molecule has 0 bridgehead atoms. The molecule has 1 amide bonds. The third kappa shape index (κ3) is 6.61. The molecule has 1 saturated heterocycles. The Morgan fingerprint density at radius 3 is 2.77 bits per heavy atom. The number of hydrogen-bond donors (Lipinski definition) is 0. The van der Waals surface area contributed by atoms with Crippen LogP contribution in [0.3, 0.4) is 0 Å². The second-order valence-electron chi connectivity index (χ2n) is 7.08. The first-order valence-corrected chi connectivity index (χ1v) is 10.8. The fourth-order valence-corrected chi connectivity index (χ4v) is 3.40. The molecule has 1 atom stereocenters. The Balaban J connectivity index is 2.11. The normalized spacial score (nSPS) is 17.5. The summed E-state index contributed by atoms with van der Waals surface area (Å²) in [5.74, 6) is 0.550. The molecule has 1 heterocycles. The predicted molar refractivity (Wildman–Crippen MR) is 100 cm³/mol. The Bertz CT molecular complexity index is 696. The van der Waals surface area contributed by atoms with Gasteiger partial charge in [-0.3, -0.25) is 4.79 Å². The van der Waals surface area contributed by atoms with Crippen molar-refractivity contribution >= 4 is 16.0 Å². The van der Waals surface area contributed by atoms with Gasteiger partial charge in [-0.2, -0.15) is 8.42 Å². The second kappa shape index (κ2) is 9.37. The number of nitrogens with zero attached hydrogens (tertiary/aromatic N) is 1. The highest BCUT2D eigenvalue weighted by atomic mass is 32.2. The van der Waals surface area contributed by atoms with Crippen LogP contribution in [0.5, 0.6) is 5.75 Å². The van der Waals surface area contributed by atoms with Crippen molar-refractivity contribution in [3.05, 3.63) is 29.8 Å². The van der Waals surface area contributed by atoms with Crippen LogP contribution in [0.15, 0.2) is 24.3 Å². The molecule has 1 fully saturated rings. The van der Waals surface area contributed by atoms with Crippen LogP contribution in [0.2, 0.25) is 0 Å². The maximum Gasteiger partial charge on any atom is 0.308 e. The van der Waals surface area contributed by atoms with Gasteiger partial charge in [0, 0.05) is 26.1 Å². The Morgan fingerprint density at radius 2 is 2.15 bits per heavy atom. The molecule has 146 valence electrons. The number of carbonyl (C=O) groups excluding carboxylic acids is 1. The Kier molecular flexibility index (Phi) is 7.46. The van der Waals surface area contributed by atoms with Crippen molar-refractivity contribution in [1.29, 1.82) is 0 Å². The number of rotatable bonds is 9. The van der Waals surface area contributed by atoms with E-state index in [4.69, 9.17) is 8.92 Å². The number of amides is 1. The third-order valence-electron chi connectivity index (χ3n) is 4.23. The molecule has 0 N–H and O–H groups in total. The maximum absolute atomic E-state index is 12.6. The average molecular weight is 384 g/mol. The van der Waals surface area contributed by atoms with E-state index in [1.165, 1.54) is 6.92 Å². The monoisotopic (exact) mass is 383 g/mol. The molecule has 6 nitrogen and oxygen atoms in total. The van der Waals surface area contributed by atoms with Gasteiger partial charge in [0.1, 0.15) is 5.75 Å². The van der Waals surface area contributed by atoms with Crippen LogP contribution in [0.1, 0.15) is 45.6 Å². The van der Waals surface area contributed by atoms with Gasteiger partial charge in [-0.15, -0.1) is 0 Å². The van der Waals surface area contributed by atoms with E-state index in [-0.39, 0.29) is 29.4 Å². The molecule has 0 saturated carbocycles. The molecule has 7 heteroatoms. The first-order valence-electron chi connectivity index (χ1n) is 9.19. The fraction of sp³-hybridized carbons (Fsp3) is 0.632. The Morgan fingerprint density at radius 1 is 1.38 bits per heavy atom. The van der Waals surface area contributed by atoms with E-state index < -0.39 is 10.1 Å². The van der Waals surface area contributed by atoms with Crippen LogP contribution in [-0.2, 0) is 26.2 Å². The lowest BCUT2D eigenvalue weighted by atomic mass is 10.1. The average Bonchev–Trinajstić information content (AvgIpc) is 3.06. The van der Waals surface area contributed by atoms with E-state index in [0.717, 1.165) is 25.0 Å². The zero-order valence-electron chi connectivity index (χ0n) is 15.8. The smallest absolute Gasteiger partial charge is 0.308 e. The zero-order chi connectivity index (χ0) is 19.2. The van der Waals surface area contributed by atoms with Gasteiger partial charge in [-0.25, -0.2) is 0 Å². The van der Waals surface area contributed by atoms with Crippen molar-refractivity contribution < 1.29 is 22.1 Å². The minimum absolute atomic E-state index is 0.0750. The molecule has 0 aromatic heterocycles. The van der Waals surface area contributed by atoms with Crippen LogP contribution in [-0.4, -0.2) is 44.2 Å². The van der Waals surface area contributed by atoms with Crippen LogP contribution < -0.4 is 4.18 Å². The molecule has 0 aliphatic carbocycles. The molecule has 0 unspecified atom stereocenters. The van der Waals surface area contributed by atoms with Gasteiger partial charge in [0.15, 0.2) is 0 Å². The van der Waals surface area contributed by atoms with Crippen molar-refractivity contribution in [1.82, 2.24) is 4.90 Å². The molecule has 1 aliphatic rings. The van der Waals surface area contributed by atoms with Gasteiger partial charge in [0.2, 0.25) is 5.91 Å². The summed E-state index contributed by atoms with van der Waals surface area (Å²) in [4.78, 5) is 14.5. The van der Waals surface area contributed by atoms with Gasteiger partial charge < -0.3 is 13.8 Å². The lowest BCUT2D eigenvalue weighted by Gasteiger charge is -2.26. The molecule has 1 aliphatic heterocycles. The molecule has 0 spiro atoms. The summed E-state index contributed by atoms with van der Waals surface area (Å²) in [7, 11) is -3.57. The Hall–Kier alpha value is -1.60. The van der Waals surface area contributed by atoms with Crippen molar-refractivity contribution in [2.24, 2.45) is 5.92 Å². The van der Waals surface area contributed by atoms with Gasteiger partial charge >= 0.3 is 10.1 Å². The molecule has 1 aromatic rings. The van der Waals surface area contributed by atoms with E-state index in [9.17, 15) is 13.2 Å². The highest BCUT2D eigenvalue weighted by molar-refractivity contribution is 7.87. The van der Waals surface area contributed by atoms with Crippen molar-refractivity contribution in [2.75, 3.05) is 18.9 Å². The highest BCUT2D eigenvalue weighted by Crippen LogP contribution is 2.20. The molecular formula is C19H29NO5S. The Labute approximate surface area is 156 Å². The standard InChI is InChI=1S/C19H29NO5S/c1-4-26(22,23)25-17-8-5-7-16(12-17)13-20(19(21)11-15(2)3)14-18-9-6-10-24-18/h5,7-8,12,15,18H,4,6,9-11,13-14H2,1-3H3/t18-/m1/s1. The summed E-state index contributed by atoms with van der Waals surface area (Å²) in [6.07, 6.45) is 2.54. The van der Waals surface area contributed by atoms with Gasteiger partial charge in [-0.1, -0.05) is 26.0 Å². The van der Waals surface area contributed by atoms with Crippen molar-refractivity contribution in [3.63, 3.8) is 0 Å². The number of benzene rings is 1. The lowest BCUT2D eigenvalue weighted by molar-refractivity contribution is -0.134. The first-order chi connectivity index (χ1) is 12.3. The molecular weight excluding hydrogens is 354 g/mol. The quantitative estimate of drug-likeness (QED) is 0.613. The van der Waals surface area contributed by atoms with Gasteiger partial charge in [-0.05, 0) is 43.4 Å². The van der Waals surface area contributed by atoms with Crippen LogP contribution >= 0.6 is 0 Å². The van der Waals surface area contributed by atoms with Gasteiger partial charge in [0.25, 0.3) is 0 Å². The van der Waals surface area contributed by atoms with E-state index in [0.29, 0.717) is 19.5 Å². The van der Waals surface area contributed by atoms with Crippen molar-refractivity contribution in [3.8, 4) is 5.75 Å². The minimum atomic E-state index is -3.57. The fourth-order valence-electron chi connectivity index (χ4n) is 2.89. The molecule has 26 heavy (non-hydrogen) atoms. The second-order valence-corrected chi connectivity index (χ2v) is 8.94. The third-order valence-corrected chi connectivity index (χ3v) is 5.39. The lowest BCUT2D eigenvalue weighted by Crippen LogP contribution is -2.37. The number of hydrogen-bond acceptors (Lipinski definition) is 5. The zero-order valence-corrected chi connectivity index (χ0v) is 16.6. The molecule has 1 aromatic carbocycles. The maximum atomic E-state index is 12.6. The van der Waals surface area contributed by atoms with Crippen LogP contribution in [0.4, 0.5) is 0 Å².